The molecule has 0 aromatic rings. The van der Waals surface area contributed by atoms with Crippen LogP contribution in [0.3, 0.4) is 0 Å². The van der Waals surface area contributed by atoms with Crippen LogP contribution in [0.5, 0.6) is 0 Å². The molecule has 0 aromatic carbocycles. The van der Waals surface area contributed by atoms with E-state index in [-0.39, 0.29) is 0 Å². The quantitative estimate of drug-likeness (QED) is 0.486. The molecule has 1 rings (SSSR count). The number of rotatable bonds is 1. The molecule has 1 heterocycles. The molecular formula is C6H12ClN. The molecule has 1 aliphatic heterocycles. The average molecular weight is 134 g/mol. The summed E-state index contributed by atoms with van der Waals surface area (Å²) in [6.07, 6.45) is 1.29. The second kappa shape index (κ2) is 2.70. The predicted molar refractivity (Wildman–Crippen MR) is 36.3 cm³/mol. The molecule has 1 nitrogen and oxygen atoms in total. The second-order valence-electron chi connectivity index (χ2n) is 2.57. The number of alkyl halides is 1. The summed E-state index contributed by atoms with van der Waals surface area (Å²) in [4.78, 5) is 2.33. The highest BCUT2D eigenvalue weighted by atomic mass is 35.5. The smallest absolute Gasteiger partial charge is 0.0264 e. The van der Waals surface area contributed by atoms with Gasteiger partial charge in [0.1, 0.15) is 0 Å². The molecule has 1 saturated heterocycles. The van der Waals surface area contributed by atoms with Gasteiger partial charge in [0.05, 0.1) is 0 Å². The van der Waals surface area contributed by atoms with Crippen LogP contribution in [0.2, 0.25) is 0 Å². The Morgan fingerprint density at radius 3 is 2.75 bits per heavy atom. The lowest BCUT2D eigenvalue weighted by Crippen LogP contribution is -2.14. The van der Waals surface area contributed by atoms with E-state index in [9.17, 15) is 0 Å². The molecule has 0 spiro atoms. The van der Waals surface area contributed by atoms with Gasteiger partial charge in [-0.25, -0.2) is 0 Å². The highest BCUT2D eigenvalue weighted by molar-refractivity contribution is 6.18. The largest absolute Gasteiger partial charge is 0.306 e. The van der Waals surface area contributed by atoms with Crippen molar-refractivity contribution in [3.8, 4) is 0 Å². The van der Waals surface area contributed by atoms with Gasteiger partial charge in [-0.2, -0.15) is 0 Å². The zero-order valence-electron chi connectivity index (χ0n) is 5.23. The van der Waals surface area contributed by atoms with E-state index >= 15 is 0 Å². The van der Waals surface area contributed by atoms with E-state index in [1.165, 1.54) is 19.5 Å². The molecule has 0 radical (unpaired) electrons. The Kier molecular flexibility index (Phi) is 2.15. The van der Waals surface area contributed by atoms with Crippen LogP contribution in [0.15, 0.2) is 0 Å². The average Bonchev–Trinajstić information content (AvgIpc) is 2.14. The topological polar surface area (TPSA) is 3.24 Å². The van der Waals surface area contributed by atoms with Crippen molar-refractivity contribution in [2.24, 2.45) is 5.92 Å². The molecule has 0 saturated carbocycles. The minimum Gasteiger partial charge on any atom is -0.306 e. The third kappa shape index (κ3) is 1.36. The molecule has 0 unspecified atom stereocenters. The lowest BCUT2D eigenvalue weighted by atomic mass is 10.2. The second-order valence-corrected chi connectivity index (χ2v) is 2.88. The summed E-state index contributed by atoms with van der Waals surface area (Å²) in [5, 5.41) is 0. The van der Waals surface area contributed by atoms with Crippen LogP contribution < -0.4 is 0 Å². The molecule has 0 aromatic heterocycles. The van der Waals surface area contributed by atoms with Gasteiger partial charge in [0.15, 0.2) is 0 Å². The Bertz CT molecular complexity index is 74.9. The fraction of sp³-hybridized carbons (Fsp3) is 1.00. The molecule has 1 fully saturated rings. The van der Waals surface area contributed by atoms with Gasteiger partial charge in [-0.05, 0) is 25.9 Å². The van der Waals surface area contributed by atoms with Gasteiger partial charge in [0.2, 0.25) is 0 Å². The van der Waals surface area contributed by atoms with Gasteiger partial charge < -0.3 is 4.90 Å². The molecule has 1 atom stereocenters. The van der Waals surface area contributed by atoms with Crippen LogP contribution in [0.25, 0.3) is 0 Å². The number of likely N-dealkylation sites (tertiary alicyclic amines) is 1. The van der Waals surface area contributed by atoms with Gasteiger partial charge in [-0.1, -0.05) is 0 Å². The van der Waals surface area contributed by atoms with E-state index in [1.807, 2.05) is 0 Å². The van der Waals surface area contributed by atoms with E-state index in [2.05, 4.69) is 11.9 Å². The Hall–Kier alpha value is 0.250. The Morgan fingerprint density at radius 2 is 2.50 bits per heavy atom. The SMILES string of the molecule is CN1CC[C@@H](CCl)C1. The fourth-order valence-corrected chi connectivity index (χ4v) is 1.40. The van der Waals surface area contributed by atoms with Crippen molar-refractivity contribution < 1.29 is 0 Å². The van der Waals surface area contributed by atoms with Crippen molar-refractivity contribution in [2.75, 3.05) is 26.0 Å². The predicted octanol–water partition coefficient (Wildman–Crippen LogP) is 1.18. The van der Waals surface area contributed by atoms with Crippen molar-refractivity contribution in [1.29, 1.82) is 0 Å². The highest BCUT2D eigenvalue weighted by Crippen LogP contribution is 2.14. The van der Waals surface area contributed by atoms with Crippen molar-refractivity contribution >= 4 is 11.6 Å². The minimum absolute atomic E-state index is 0.765. The summed E-state index contributed by atoms with van der Waals surface area (Å²) in [6, 6.07) is 0. The summed E-state index contributed by atoms with van der Waals surface area (Å²) >= 11 is 5.65. The number of hydrogen-bond donors (Lipinski definition) is 0. The van der Waals surface area contributed by atoms with Gasteiger partial charge >= 0.3 is 0 Å². The number of halogens is 1. The van der Waals surface area contributed by atoms with Crippen LogP contribution in [0.1, 0.15) is 6.42 Å². The zero-order valence-corrected chi connectivity index (χ0v) is 5.99. The first-order chi connectivity index (χ1) is 3.83. The standard InChI is InChI=1S/C6H12ClN/c1-8-3-2-6(4-7)5-8/h6H,2-5H2,1H3/t6-/m0/s1. The molecule has 2 heteroatoms. The van der Waals surface area contributed by atoms with Crippen LogP contribution >= 0.6 is 11.6 Å². The maximum atomic E-state index is 5.65. The van der Waals surface area contributed by atoms with Gasteiger partial charge in [-0.3, -0.25) is 0 Å². The zero-order chi connectivity index (χ0) is 5.98. The van der Waals surface area contributed by atoms with Crippen LogP contribution in [0, 0.1) is 5.92 Å². The lowest BCUT2D eigenvalue weighted by Gasteiger charge is -2.05. The van der Waals surface area contributed by atoms with Crippen LogP contribution in [0.4, 0.5) is 0 Å². The summed E-state index contributed by atoms with van der Waals surface area (Å²) in [7, 11) is 2.15. The Labute approximate surface area is 55.6 Å². The van der Waals surface area contributed by atoms with Crippen LogP contribution in [-0.2, 0) is 0 Å². The summed E-state index contributed by atoms with van der Waals surface area (Å²) < 4.78 is 0. The van der Waals surface area contributed by atoms with E-state index in [0.29, 0.717) is 0 Å². The summed E-state index contributed by atoms with van der Waals surface area (Å²) in [6.45, 7) is 2.43. The van der Waals surface area contributed by atoms with E-state index < -0.39 is 0 Å². The summed E-state index contributed by atoms with van der Waals surface area (Å²) in [5.41, 5.74) is 0. The normalized spacial score (nSPS) is 31.5. The monoisotopic (exact) mass is 133 g/mol. The van der Waals surface area contributed by atoms with Crippen molar-refractivity contribution in [1.82, 2.24) is 4.90 Å². The lowest BCUT2D eigenvalue weighted by molar-refractivity contribution is 0.402. The van der Waals surface area contributed by atoms with Crippen LogP contribution in [-0.4, -0.2) is 30.9 Å². The maximum absolute atomic E-state index is 5.65. The maximum Gasteiger partial charge on any atom is 0.0264 e. The van der Waals surface area contributed by atoms with Gasteiger partial charge in [0.25, 0.3) is 0 Å². The third-order valence-corrected chi connectivity index (χ3v) is 2.14. The molecule has 48 valence electrons. The first-order valence-corrected chi connectivity index (χ1v) is 3.61. The molecule has 0 aliphatic carbocycles. The first kappa shape index (κ1) is 6.37. The molecule has 0 amide bonds. The Morgan fingerprint density at radius 1 is 1.75 bits per heavy atom. The van der Waals surface area contributed by atoms with Gasteiger partial charge in [-0.15, -0.1) is 11.6 Å². The number of hydrogen-bond acceptors (Lipinski definition) is 1. The molecule has 0 N–H and O–H groups in total. The first-order valence-electron chi connectivity index (χ1n) is 3.07. The Balaban J connectivity index is 2.22. The van der Waals surface area contributed by atoms with E-state index in [0.717, 1.165) is 11.8 Å². The summed E-state index contributed by atoms with van der Waals surface area (Å²) in [5.74, 6) is 1.60. The highest BCUT2D eigenvalue weighted by Gasteiger charge is 2.17. The van der Waals surface area contributed by atoms with Crippen molar-refractivity contribution in [2.45, 2.75) is 6.42 Å². The van der Waals surface area contributed by atoms with Crippen molar-refractivity contribution in [3.05, 3.63) is 0 Å². The van der Waals surface area contributed by atoms with Gasteiger partial charge in [0, 0.05) is 12.4 Å². The molecule has 0 bridgehead atoms. The molecule has 1 aliphatic rings. The molecular weight excluding hydrogens is 122 g/mol. The molecule has 8 heavy (non-hydrogen) atoms. The minimum atomic E-state index is 0.765. The van der Waals surface area contributed by atoms with Crippen molar-refractivity contribution in [3.63, 3.8) is 0 Å². The fourth-order valence-electron chi connectivity index (χ4n) is 1.15. The number of nitrogens with zero attached hydrogens (tertiary/aromatic N) is 1. The van der Waals surface area contributed by atoms with E-state index in [1.54, 1.807) is 0 Å². The third-order valence-electron chi connectivity index (χ3n) is 1.71. The van der Waals surface area contributed by atoms with E-state index in [4.69, 9.17) is 11.6 Å².